The van der Waals surface area contributed by atoms with Crippen molar-refractivity contribution < 1.29 is 8.42 Å². The molecule has 1 N–H and O–H groups in total. The van der Waals surface area contributed by atoms with Crippen molar-refractivity contribution >= 4 is 33.1 Å². The largest absolute Gasteiger partial charge is 0.329 e. The molecule has 0 spiro atoms. The average molecular weight is 326 g/mol. The van der Waals surface area contributed by atoms with Crippen molar-refractivity contribution in [2.75, 3.05) is 6.26 Å². The molecular formula is C15H22N2O2S2. The lowest BCUT2D eigenvalue weighted by Gasteiger charge is -2.18. The molecule has 0 aliphatic heterocycles. The fourth-order valence-corrected chi connectivity index (χ4v) is 3.96. The van der Waals surface area contributed by atoms with Crippen LogP contribution in [0.2, 0.25) is 0 Å². The number of benzene rings is 1. The van der Waals surface area contributed by atoms with Crippen LogP contribution in [-0.2, 0) is 9.84 Å². The van der Waals surface area contributed by atoms with Gasteiger partial charge in [0, 0.05) is 12.3 Å². The number of hydrogen-bond donors (Lipinski definition) is 1. The molecule has 21 heavy (non-hydrogen) atoms. The molecule has 1 aromatic heterocycles. The van der Waals surface area contributed by atoms with Crippen molar-refractivity contribution in [3.05, 3.63) is 23.0 Å². The van der Waals surface area contributed by atoms with Crippen LogP contribution in [0.3, 0.4) is 0 Å². The van der Waals surface area contributed by atoms with Crippen molar-refractivity contribution in [1.82, 2.24) is 9.55 Å². The Bertz CT molecular complexity index is 803. The number of imidazole rings is 1. The normalized spacial score (nSPS) is 15.2. The van der Waals surface area contributed by atoms with E-state index in [2.05, 4.69) is 25.8 Å². The summed E-state index contributed by atoms with van der Waals surface area (Å²) in [4.78, 5) is 3.38. The van der Waals surface area contributed by atoms with Gasteiger partial charge in [-0.2, -0.15) is 0 Å². The molecule has 1 aromatic carbocycles. The summed E-state index contributed by atoms with van der Waals surface area (Å²) in [7, 11) is -3.28. The number of sulfone groups is 1. The van der Waals surface area contributed by atoms with Gasteiger partial charge in [-0.3, -0.25) is 0 Å². The highest BCUT2D eigenvalue weighted by atomic mass is 32.2. The van der Waals surface area contributed by atoms with Gasteiger partial charge in [-0.25, -0.2) is 8.42 Å². The number of rotatable bonds is 5. The number of H-pyrrole nitrogens is 1. The summed E-state index contributed by atoms with van der Waals surface area (Å²) >= 11 is 5.41. The second-order valence-corrected chi connectivity index (χ2v) is 8.19. The lowest BCUT2D eigenvalue weighted by atomic mass is 10.0. The maximum atomic E-state index is 11.9. The van der Waals surface area contributed by atoms with Gasteiger partial charge in [-0.05, 0) is 43.6 Å². The summed E-state index contributed by atoms with van der Waals surface area (Å²) in [5, 5.41) is 0. The minimum Gasteiger partial charge on any atom is -0.329 e. The minimum atomic E-state index is -3.28. The molecule has 1 heterocycles. The maximum Gasteiger partial charge on any atom is 0.178 e. The van der Waals surface area contributed by atoms with Crippen LogP contribution >= 0.6 is 12.2 Å². The second-order valence-electron chi connectivity index (χ2n) is 5.82. The highest BCUT2D eigenvalue weighted by Crippen LogP contribution is 2.28. The summed E-state index contributed by atoms with van der Waals surface area (Å²) in [6.45, 7) is 6.52. The van der Waals surface area contributed by atoms with Crippen molar-refractivity contribution in [1.29, 1.82) is 0 Å². The zero-order valence-electron chi connectivity index (χ0n) is 12.9. The molecule has 0 aliphatic carbocycles. The number of para-hydroxylation sites is 1. The molecule has 116 valence electrons. The molecule has 2 rings (SSSR count). The van der Waals surface area contributed by atoms with E-state index in [4.69, 9.17) is 12.2 Å². The van der Waals surface area contributed by atoms with E-state index in [9.17, 15) is 8.42 Å². The molecule has 2 unspecified atom stereocenters. The Labute approximate surface area is 131 Å². The van der Waals surface area contributed by atoms with Crippen LogP contribution < -0.4 is 0 Å². The molecule has 0 aliphatic rings. The first-order valence-electron chi connectivity index (χ1n) is 7.19. The van der Waals surface area contributed by atoms with Gasteiger partial charge >= 0.3 is 0 Å². The summed E-state index contributed by atoms with van der Waals surface area (Å²) in [6.07, 6.45) is 3.36. The summed E-state index contributed by atoms with van der Waals surface area (Å²) in [5.74, 6) is 0.602. The first-order valence-corrected chi connectivity index (χ1v) is 9.49. The van der Waals surface area contributed by atoms with E-state index in [1.54, 1.807) is 12.1 Å². The average Bonchev–Trinajstić information content (AvgIpc) is 2.72. The molecule has 0 radical (unpaired) electrons. The van der Waals surface area contributed by atoms with E-state index in [0.29, 0.717) is 21.1 Å². The molecule has 4 nitrogen and oxygen atoms in total. The third kappa shape index (κ3) is 3.21. The van der Waals surface area contributed by atoms with Gasteiger partial charge in [-0.1, -0.05) is 26.3 Å². The standard InChI is InChI=1S/C15H22N2O2S2/c1-5-10(2)9-11(3)17-12-7-6-8-13(21(4,18)19)14(12)16-15(17)20/h6-8,10-11H,5,9H2,1-4H3,(H,16,20). The van der Waals surface area contributed by atoms with Crippen LogP contribution in [0, 0.1) is 10.7 Å². The molecule has 0 saturated carbocycles. The number of fused-ring (bicyclic) bond motifs is 1. The van der Waals surface area contributed by atoms with Gasteiger partial charge in [0.1, 0.15) is 0 Å². The summed E-state index contributed by atoms with van der Waals surface area (Å²) in [6, 6.07) is 5.54. The summed E-state index contributed by atoms with van der Waals surface area (Å²) in [5.41, 5.74) is 1.47. The Balaban J connectivity index is 2.62. The molecule has 0 saturated heterocycles. The van der Waals surface area contributed by atoms with Crippen molar-refractivity contribution in [3.63, 3.8) is 0 Å². The Morgan fingerprint density at radius 3 is 2.57 bits per heavy atom. The first kappa shape index (κ1) is 16.2. The predicted octanol–water partition coefficient (Wildman–Crippen LogP) is 4.10. The molecule has 2 aromatic rings. The Morgan fingerprint density at radius 1 is 1.33 bits per heavy atom. The van der Waals surface area contributed by atoms with Crippen LogP contribution in [0.1, 0.15) is 39.7 Å². The van der Waals surface area contributed by atoms with Crippen LogP contribution in [0.5, 0.6) is 0 Å². The highest BCUT2D eigenvalue weighted by Gasteiger charge is 2.18. The number of hydrogen-bond acceptors (Lipinski definition) is 3. The predicted molar refractivity (Wildman–Crippen MR) is 89.0 cm³/mol. The smallest absolute Gasteiger partial charge is 0.178 e. The van der Waals surface area contributed by atoms with Gasteiger partial charge in [0.15, 0.2) is 14.6 Å². The Hall–Kier alpha value is -1.14. The van der Waals surface area contributed by atoms with E-state index in [1.807, 2.05) is 10.6 Å². The number of aromatic nitrogens is 2. The van der Waals surface area contributed by atoms with Crippen LogP contribution in [0.15, 0.2) is 23.1 Å². The first-order chi connectivity index (χ1) is 9.75. The Kier molecular flexibility index (Phi) is 4.58. The molecule has 0 bridgehead atoms. The quantitative estimate of drug-likeness (QED) is 0.842. The second kappa shape index (κ2) is 5.93. The topological polar surface area (TPSA) is 54.9 Å². The van der Waals surface area contributed by atoms with Crippen LogP contribution in [-0.4, -0.2) is 24.2 Å². The van der Waals surface area contributed by atoms with Crippen molar-refractivity contribution in [2.45, 2.75) is 44.6 Å². The minimum absolute atomic E-state index is 0.232. The molecule has 6 heteroatoms. The van der Waals surface area contributed by atoms with E-state index >= 15 is 0 Å². The third-order valence-electron chi connectivity index (χ3n) is 4.00. The van der Waals surface area contributed by atoms with Gasteiger partial charge in [0.05, 0.1) is 15.9 Å². The van der Waals surface area contributed by atoms with E-state index in [1.165, 1.54) is 6.26 Å². The maximum absolute atomic E-state index is 11.9. The lowest BCUT2D eigenvalue weighted by Crippen LogP contribution is -2.09. The fraction of sp³-hybridized carbons (Fsp3) is 0.533. The molecular weight excluding hydrogens is 304 g/mol. The zero-order valence-corrected chi connectivity index (χ0v) is 14.5. The van der Waals surface area contributed by atoms with Gasteiger partial charge < -0.3 is 9.55 Å². The molecule has 0 fully saturated rings. The SMILES string of the molecule is CCC(C)CC(C)n1c(=S)[nH]c2c(S(C)(=O)=O)cccc21. The van der Waals surface area contributed by atoms with E-state index < -0.39 is 9.84 Å². The van der Waals surface area contributed by atoms with Crippen molar-refractivity contribution in [2.24, 2.45) is 5.92 Å². The van der Waals surface area contributed by atoms with Gasteiger partial charge in [-0.15, -0.1) is 0 Å². The highest BCUT2D eigenvalue weighted by molar-refractivity contribution is 7.91. The monoisotopic (exact) mass is 326 g/mol. The number of nitrogens with one attached hydrogen (secondary N) is 1. The number of nitrogens with zero attached hydrogens (tertiary/aromatic N) is 1. The fourth-order valence-electron chi connectivity index (χ4n) is 2.72. The van der Waals surface area contributed by atoms with E-state index in [0.717, 1.165) is 18.4 Å². The van der Waals surface area contributed by atoms with Crippen molar-refractivity contribution in [3.8, 4) is 0 Å². The Morgan fingerprint density at radius 2 is 2.00 bits per heavy atom. The lowest BCUT2D eigenvalue weighted by molar-refractivity contribution is 0.402. The summed E-state index contributed by atoms with van der Waals surface area (Å²) < 4.78 is 26.4. The number of aromatic amines is 1. The van der Waals surface area contributed by atoms with Crippen LogP contribution in [0.4, 0.5) is 0 Å². The van der Waals surface area contributed by atoms with Gasteiger partial charge in [0.25, 0.3) is 0 Å². The third-order valence-corrected chi connectivity index (χ3v) is 5.43. The zero-order chi connectivity index (χ0) is 15.8. The molecule has 2 atom stereocenters. The van der Waals surface area contributed by atoms with Gasteiger partial charge in [0.2, 0.25) is 0 Å². The van der Waals surface area contributed by atoms with Crippen LogP contribution in [0.25, 0.3) is 11.0 Å². The molecule has 0 amide bonds. The van der Waals surface area contributed by atoms with E-state index in [-0.39, 0.29) is 6.04 Å².